The zero-order chi connectivity index (χ0) is 13.5. The van der Waals surface area contributed by atoms with Crippen molar-refractivity contribution in [1.82, 2.24) is 4.90 Å². The first-order valence-electron chi connectivity index (χ1n) is 6.85. The van der Waals surface area contributed by atoms with E-state index in [1.54, 1.807) is 12.1 Å². The number of hydrogen-bond donors (Lipinski definition) is 1. The molecular weight excluding hydrogens is 245 g/mol. The van der Waals surface area contributed by atoms with Crippen molar-refractivity contribution in [3.05, 3.63) is 35.6 Å². The molecule has 0 aromatic heterocycles. The molecule has 1 N–H and O–H groups in total. The molecule has 0 amide bonds. The molecule has 3 rings (SSSR count). The van der Waals surface area contributed by atoms with Crippen LogP contribution in [-0.4, -0.2) is 35.1 Å². The lowest BCUT2D eigenvalue weighted by molar-refractivity contribution is -0.146. The van der Waals surface area contributed by atoms with Crippen LogP contribution in [0.5, 0.6) is 0 Å². The van der Waals surface area contributed by atoms with E-state index in [-0.39, 0.29) is 5.82 Å². The van der Waals surface area contributed by atoms with Gasteiger partial charge in [-0.05, 0) is 56.5 Å². The van der Waals surface area contributed by atoms with Crippen LogP contribution in [0.15, 0.2) is 24.3 Å². The van der Waals surface area contributed by atoms with Gasteiger partial charge in [0, 0.05) is 6.04 Å². The summed E-state index contributed by atoms with van der Waals surface area (Å²) in [5.41, 5.74) is -0.302. The van der Waals surface area contributed by atoms with Crippen molar-refractivity contribution < 1.29 is 14.3 Å². The quantitative estimate of drug-likeness (QED) is 0.910. The van der Waals surface area contributed by atoms with Gasteiger partial charge in [0.05, 0.1) is 5.41 Å². The lowest BCUT2D eigenvalue weighted by Gasteiger charge is -2.39. The van der Waals surface area contributed by atoms with Gasteiger partial charge in [0.15, 0.2) is 0 Å². The van der Waals surface area contributed by atoms with Crippen LogP contribution in [0.4, 0.5) is 4.39 Å². The Labute approximate surface area is 112 Å². The van der Waals surface area contributed by atoms with Crippen molar-refractivity contribution in [3.63, 3.8) is 0 Å². The van der Waals surface area contributed by atoms with Crippen molar-refractivity contribution in [3.8, 4) is 0 Å². The van der Waals surface area contributed by atoms with Gasteiger partial charge in [0.25, 0.3) is 0 Å². The first-order valence-corrected chi connectivity index (χ1v) is 6.85. The lowest BCUT2D eigenvalue weighted by atomic mass is 9.72. The molecule has 19 heavy (non-hydrogen) atoms. The average molecular weight is 263 g/mol. The minimum Gasteiger partial charge on any atom is -0.481 e. The van der Waals surface area contributed by atoms with E-state index in [0.29, 0.717) is 24.4 Å². The van der Waals surface area contributed by atoms with Gasteiger partial charge in [-0.15, -0.1) is 0 Å². The van der Waals surface area contributed by atoms with Crippen LogP contribution in [-0.2, 0) is 10.2 Å². The first-order chi connectivity index (χ1) is 9.12. The second-order valence-electron chi connectivity index (χ2n) is 5.66. The number of likely N-dealkylation sites (tertiary alicyclic amines) is 1. The number of piperidine rings is 1. The normalized spacial score (nSPS) is 23.2. The Bertz CT molecular complexity index is 491. The number of carbonyl (C=O) groups is 1. The van der Waals surface area contributed by atoms with Crippen LogP contribution >= 0.6 is 0 Å². The highest BCUT2D eigenvalue weighted by atomic mass is 19.1. The van der Waals surface area contributed by atoms with Gasteiger partial charge in [-0.1, -0.05) is 12.1 Å². The second kappa shape index (κ2) is 4.60. The Morgan fingerprint density at radius 1 is 1.32 bits per heavy atom. The smallest absolute Gasteiger partial charge is 0.314 e. The number of carboxylic acids is 1. The molecule has 2 fully saturated rings. The van der Waals surface area contributed by atoms with Crippen molar-refractivity contribution in [2.75, 3.05) is 13.1 Å². The molecule has 0 spiro atoms. The molecule has 3 nitrogen and oxygen atoms in total. The molecule has 0 bridgehead atoms. The summed E-state index contributed by atoms with van der Waals surface area (Å²) in [5, 5.41) is 9.63. The fourth-order valence-electron chi connectivity index (χ4n) is 3.12. The minimum atomic E-state index is -0.909. The summed E-state index contributed by atoms with van der Waals surface area (Å²) in [7, 11) is 0. The van der Waals surface area contributed by atoms with Crippen LogP contribution in [0.2, 0.25) is 0 Å². The van der Waals surface area contributed by atoms with Gasteiger partial charge >= 0.3 is 5.97 Å². The van der Waals surface area contributed by atoms with E-state index in [1.807, 2.05) is 0 Å². The topological polar surface area (TPSA) is 40.5 Å². The fraction of sp³-hybridized carbons (Fsp3) is 0.533. The molecule has 2 aliphatic rings. The third kappa shape index (κ3) is 2.25. The number of rotatable bonds is 3. The second-order valence-corrected chi connectivity index (χ2v) is 5.66. The van der Waals surface area contributed by atoms with Crippen LogP contribution in [0.25, 0.3) is 0 Å². The Kier molecular flexibility index (Phi) is 3.05. The van der Waals surface area contributed by atoms with Crippen molar-refractivity contribution >= 4 is 5.97 Å². The van der Waals surface area contributed by atoms with E-state index in [2.05, 4.69) is 4.90 Å². The van der Waals surface area contributed by atoms with E-state index in [4.69, 9.17) is 0 Å². The number of nitrogens with zero attached hydrogens (tertiary/aromatic N) is 1. The SMILES string of the molecule is O=C(O)C1(c2cccc(F)c2)CCN(C2CC2)CC1. The number of carboxylic acid groups (broad SMARTS) is 1. The van der Waals surface area contributed by atoms with Crippen molar-refractivity contribution in [1.29, 1.82) is 0 Å². The Morgan fingerprint density at radius 3 is 2.53 bits per heavy atom. The summed E-state index contributed by atoms with van der Waals surface area (Å²) in [6.45, 7) is 1.60. The molecule has 0 unspecified atom stereocenters. The molecule has 1 aliphatic heterocycles. The van der Waals surface area contributed by atoms with Crippen LogP contribution in [0.3, 0.4) is 0 Å². The summed E-state index contributed by atoms with van der Waals surface area (Å²) in [6.07, 6.45) is 3.62. The predicted octanol–water partition coefficient (Wildman–Crippen LogP) is 2.41. The molecule has 1 saturated carbocycles. The molecule has 1 heterocycles. The van der Waals surface area contributed by atoms with Gasteiger partial charge in [0.2, 0.25) is 0 Å². The van der Waals surface area contributed by atoms with Gasteiger partial charge < -0.3 is 10.0 Å². The maximum atomic E-state index is 13.4. The highest BCUT2D eigenvalue weighted by Gasteiger charge is 2.45. The van der Waals surface area contributed by atoms with Crippen LogP contribution < -0.4 is 0 Å². The first kappa shape index (κ1) is 12.6. The monoisotopic (exact) mass is 263 g/mol. The zero-order valence-electron chi connectivity index (χ0n) is 10.8. The largest absolute Gasteiger partial charge is 0.481 e. The summed E-state index contributed by atoms with van der Waals surface area (Å²) in [6, 6.07) is 6.74. The molecule has 4 heteroatoms. The molecule has 1 saturated heterocycles. The molecule has 0 radical (unpaired) electrons. The van der Waals surface area contributed by atoms with Gasteiger partial charge in [-0.3, -0.25) is 4.79 Å². The Balaban J connectivity index is 1.86. The Hall–Kier alpha value is -1.42. The lowest BCUT2D eigenvalue weighted by Crippen LogP contribution is -2.48. The molecular formula is C15H18FNO2. The Morgan fingerprint density at radius 2 is 2.00 bits per heavy atom. The number of halogens is 1. The number of aliphatic carboxylic acids is 1. The third-order valence-electron chi connectivity index (χ3n) is 4.50. The standard InChI is InChI=1S/C15H18FNO2/c16-12-3-1-2-11(10-12)15(14(18)19)6-8-17(9-7-15)13-4-5-13/h1-3,10,13H,4-9H2,(H,18,19). The van der Waals surface area contributed by atoms with Crippen LogP contribution in [0, 0.1) is 5.82 Å². The van der Waals surface area contributed by atoms with E-state index in [1.165, 1.54) is 25.0 Å². The predicted molar refractivity (Wildman–Crippen MR) is 69.5 cm³/mol. The van der Waals surface area contributed by atoms with Crippen molar-refractivity contribution in [2.45, 2.75) is 37.1 Å². The highest BCUT2D eigenvalue weighted by Crippen LogP contribution is 2.39. The molecule has 0 atom stereocenters. The molecule has 1 aromatic carbocycles. The summed E-state index contributed by atoms with van der Waals surface area (Å²) in [4.78, 5) is 14.1. The van der Waals surface area contributed by atoms with Gasteiger partial charge in [-0.2, -0.15) is 0 Å². The van der Waals surface area contributed by atoms with Crippen molar-refractivity contribution in [2.24, 2.45) is 0 Å². The van der Waals surface area contributed by atoms with Gasteiger partial charge in [-0.25, -0.2) is 4.39 Å². The minimum absolute atomic E-state index is 0.359. The fourth-order valence-corrected chi connectivity index (χ4v) is 3.12. The van der Waals surface area contributed by atoms with E-state index < -0.39 is 11.4 Å². The van der Waals surface area contributed by atoms with Crippen LogP contribution in [0.1, 0.15) is 31.2 Å². The zero-order valence-corrected chi connectivity index (χ0v) is 10.8. The van der Waals surface area contributed by atoms with E-state index in [0.717, 1.165) is 13.1 Å². The number of hydrogen-bond acceptors (Lipinski definition) is 2. The summed E-state index contributed by atoms with van der Waals surface area (Å²) < 4.78 is 13.4. The van der Waals surface area contributed by atoms with E-state index >= 15 is 0 Å². The number of benzene rings is 1. The summed E-state index contributed by atoms with van der Waals surface area (Å²) in [5.74, 6) is -1.18. The molecule has 1 aliphatic carbocycles. The highest BCUT2D eigenvalue weighted by molar-refractivity contribution is 5.81. The maximum absolute atomic E-state index is 13.4. The van der Waals surface area contributed by atoms with E-state index in [9.17, 15) is 14.3 Å². The molecule has 1 aromatic rings. The maximum Gasteiger partial charge on any atom is 0.314 e. The third-order valence-corrected chi connectivity index (χ3v) is 4.50. The summed E-state index contributed by atoms with van der Waals surface area (Å²) >= 11 is 0. The van der Waals surface area contributed by atoms with Gasteiger partial charge in [0.1, 0.15) is 5.82 Å². The molecule has 102 valence electrons. The average Bonchev–Trinajstić information content (AvgIpc) is 3.23.